The summed E-state index contributed by atoms with van der Waals surface area (Å²) in [6.45, 7) is 4.26. The first-order valence-corrected chi connectivity index (χ1v) is 5.81. The minimum absolute atomic E-state index is 0.0106. The molecule has 2 rings (SSSR count). The third kappa shape index (κ3) is 1.74. The number of Topliss-reactive ketones (excluding diaryl/α,β-unsaturated/α-hetero) is 1. The second kappa shape index (κ2) is 3.42. The summed E-state index contributed by atoms with van der Waals surface area (Å²) in [7, 11) is 0. The Hall–Kier alpha value is -0.670. The van der Waals surface area contributed by atoms with Crippen LogP contribution in [0.3, 0.4) is 0 Å². The second-order valence-corrected chi connectivity index (χ2v) is 5.66. The number of carbonyl (C=O) groups excluding carboxylic acids is 1. The van der Waals surface area contributed by atoms with Gasteiger partial charge in [0.05, 0.1) is 6.04 Å². The summed E-state index contributed by atoms with van der Waals surface area (Å²) in [5, 5.41) is 0. The fourth-order valence-corrected chi connectivity index (χ4v) is 2.62. The maximum Gasteiger partial charge on any atom is 0.179 e. The first-order valence-electron chi connectivity index (χ1n) is 5.01. The summed E-state index contributed by atoms with van der Waals surface area (Å²) in [4.78, 5) is 11.9. The molecule has 1 aromatic rings. The molecule has 0 heterocycles. The molecule has 0 saturated carbocycles. The Morgan fingerprint density at radius 2 is 2.13 bits per heavy atom. The van der Waals surface area contributed by atoms with Gasteiger partial charge in [-0.25, -0.2) is 0 Å². The number of carbonyl (C=O) groups is 1. The number of halogens is 1. The first kappa shape index (κ1) is 10.8. The van der Waals surface area contributed by atoms with Gasteiger partial charge in [0.25, 0.3) is 0 Å². The van der Waals surface area contributed by atoms with Gasteiger partial charge >= 0.3 is 0 Å². The molecular weight excluding hydrogens is 254 g/mol. The SMILES string of the molecule is CC1(C)CC(N)C(=O)c2cc(Br)ccc21. The van der Waals surface area contributed by atoms with Crippen LogP contribution in [0.2, 0.25) is 0 Å². The number of rotatable bonds is 0. The number of hydrogen-bond acceptors (Lipinski definition) is 2. The smallest absolute Gasteiger partial charge is 0.179 e. The summed E-state index contributed by atoms with van der Waals surface area (Å²) in [6.07, 6.45) is 0.723. The van der Waals surface area contributed by atoms with E-state index in [9.17, 15) is 4.79 Å². The van der Waals surface area contributed by atoms with Crippen LogP contribution in [0.1, 0.15) is 36.2 Å². The van der Waals surface area contributed by atoms with Crippen LogP contribution < -0.4 is 5.73 Å². The highest BCUT2D eigenvalue weighted by molar-refractivity contribution is 9.10. The molecule has 15 heavy (non-hydrogen) atoms. The molecule has 1 unspecified atom stereocenters. The van der Waals surface area contributed by atoms with Gasteiger partial charge < -0.3 is 5.73 Å². The van der Waals surface area contributed by atoms with Gasteiger partial charge in [0.2, 0.25) is 0 Å². The van der Waals surface area contributed by atoms with E-state index in [1.807, 2.05) is 18.2 Å². The predicted molar refractivity (Wildman–Crippen MR) is 64.1 cm³/mol. The van der Waals surface area contributed by atoms with E-state index in [0.717, 1.165) is 22.0 Å². The third-order valence-corrected chi connectivity index (χ3v) is 3.54. The highest BCUT2D eigenvalue weighted by atomic mass is 79.9. The van der Waals surface area contributed by atoms with E-state index < -0.39 is 0 Å². The van der Waals surface area contributed by atoms with Crippen molar-refractivity contribution in [3.8, 4) is 0 Å². The Kier molecular flexibility index (Phi) is 2.47. The van der Waals surface area contributed by atoms with Crippen LogP contribution in [0.25, 0.3) is 0 Å². The summed E-state index contributed by atoms with van der Waals surface area (Å²) < 4.78 is 0.930. The number of ketones is 1. The highest BCUT2D eigenvalue weighted by Crippen LogP contribution is 2.37. The zero-order valence-electron chi connectivity index (χ0n) is 8.88. The van der Waals surface area contributed by atoms with Gasteiger partial charge in [0.15, 0.2) is 5.78 Å². The van der Waals surface area contributed by atoms with Crippen molar-refractivity contribution >= 4 is 21.7 Å². The van der Waals surface area contributed by atoms with Crippen molar-refractivity contribution in [3.63, 3.8) is 0 Å². The molecule has 1 aromatic carbocycles. The maximum absolute atomic E-state index is 11.9. The lowest BCUT2D eigenvalue weighted by atomic mass is 9.70. The van der Waals surface area contributed by atoms with E-state index in [4.69, 9.17) is 5.73 Å². The quantitative estimate of drug-likeness (QED) is 0.786. The molecule has 1 aliphatic rings. The molecule has 1 aliphatic carbocycles. The molecule has 0 spiro atoms. The van der Waals surface area contributed by atoms with Crippen molar-refractivity contribution in [2.24, 2.45) is 5.73 Å². The minimum atomic E-state index is -0.359. The van der Waals surface area contributed by atoms with E-state index in [0.29, 0.717) is 0 Å². The van der Waals surface area contributed by atoms with Gasteiger partial charge in [0.1, 0.15) is 0 Å². The lowest BCUT2D eigenvalue weighted by Gasteiger charge is -2.35. The number of fused-ring (bicyclic) bond motifs is 1. The number of nitrogens with two attached hydrogens (primary N) is 1. The summed E-state index contributed by atoms with van der Waals surface area (Å²) >= 11 is 3.38. The van der Waals surface area contributed by atoms with Crippen molar-refractivity contribution < 1.29 is 4.79 Å². The molecule has 80 valence electrons. The zero-order chi connectivity index (χ0) is 11.2. The molecule has 2 nitrogen and oxygen atoms in total. The largest absolute Gasteiger partial charge is 0.321 e. The van der Waals surface area contributed by atoms with Gasteiger partial charge in [-0.2, -0.15) is 0 Å². The fourth-order valence-electron chi connectivity index (χ4n) is 2.26. The van der Waals surface area contributed by atoms with E-state index in [1.54, 1.807) is 0 Å². The van der Waals surface area contributed by atoms with Crippen LogP contribution in [-0.2, 0) is 5.41 Å². The van der Waals surface area contributed by atoms with E-state index in [1.165, 1.54) is 0 Å². The van der Waals surface area contributed by atoms with Crippen molar-refractivity contribution in [2.45, 2.75) is 31.7 Å². The molecule has 0 amide bonds. The highest BCUT2D eigenvalue weighted by Gasteiger charge is 2.36. The average molecular weight is 268 g/mol. The average Bonchev–Trinajstić information content (AvgIpc) is 2.13. The molecular formula is C12H14BrNO. The topological polar surface area (TPSA) is 43.1 Å². The Morgan fingerprint density at radius 1 is 1.47 bits per heavy atom. The van der Waals surface area contributed by atoms with E-state index in [2.05, 4.69) is 29.8 Å². The molecule has 0 radical (unpaired) electrons. The molecule has 0 aliphatic heterocycles. The lowest BCUT2D eigenvalue weighted by molar-refractivity contribution is 0.0929. The van der Waals surface area contributed by atoms with Crippen LogP contribution in [0.15, 0.2) is 22.7 Å². The molecule has 0 fully saturated rings. The number of benzene rings is 1. The van der Waals surface area contributed by atoms with Crippen LogP contribution in [0, 0.1) is 0 Å². The van der Waals surface area contributed by atoms with Crippen LogP contribution in [0.4, 0.5) is 0 Å². The van der Waals surface area contributed by atoms with E-state index in [-0.39, 0.29) is 17.2 Å². The van der Waals surface area contributed by atoms with Crippen molar-refractivity contribution in [2.75, 3.05) is 0 Å². The molecule has 0 bridgehead atoms. The Labute approximate surface area is 98.0 Å². The summed E-state index contributed by atoms with van der Waals surface area (Å²) in [5.41, 5.74) is 7.72. The molecule has 1 atom stereocenters. The Bertz CT molecular complexity index is 426. The first-order chi connectivity index (χ1) is 6.92. The predicted octanol–water partition coefficient (Wildman–Crippen LogP) is 2.64. The van der Waals surface area contributed by atoms with Gasteiger partial charge in [-0.1, -0.05) is 35.8 Å². The third-order valence-electron chi connectivity index (χ3n) is 3.04. The summed E-state index contributed by atoms with van der Waals surface area (Å²) in [5.74, 6) is 0.0608. The minimum Gasteiger partial charge on any atom is -0.321 e. The van der Waals surface area contributed by atoms with Crippen LogP contribution in [-0.4, -0.2) is 11.8 Å². The standard InChI is InChI=1S/C12H14BrNO/c1-12(2)6-10(14)11(15)8-5-7(13)3-4-9(8)12/h3-5,10H,6,14H2,1-2H3. The zero-order valence-corrected chi connectivity index (χ0v) is 10.5. The fraction of sp³-hybridized carbons (Fsp3) is 0.417. The van der Waals surface area contributed by atoms with Crippen molar-refractivity contribution in [1.29, 1.82) is 0 Å². The maximum atomic E-state index is 11.9. The monoisotopic (exact) mass is 267 g/mol. The van der Waals surface area contributed by atoms with Crippen LogP contribution in [0.5, 0.6) is 0 Å². The van der Waals surface area contributed by atoms with Crippen molar-refractivity contribution in [1.82, 2.24) is 0 Å². The Morgan fingerprint density at radius 3 is 2.80 bits per heavy atom. The normalized spacial score (nSPS) is 23.7. The Balaban J connectivity index is 2.64. The molecule has 2 N–H and O–H groups in total. The van der Waals surface area contributed by atoms with Crippen LogP contribution >= 0.6 is 15.9 Å². The van der Waals surface area contributed by atoms with Gasteiger partial charge in [-0.05, 0) is 29.5 Å². The van der Waals surface area contributed by atoms with Gasteiger partial charge in [0, 0.05) is 10.0 Å². The molecule has 3 heteroatoms. The van der Waals surface area contributed by atoms with Gasteiger partial charge in [-0.3, -0.25) is 4.79 Å². The summed E-state index contributed by atoms with van der Waals surface area (Å²) in [6, 6.07) is 5.51. The second-order valence-electron chi connectivity index (χ2n) is 4.75. The lowest BCUT2D eigenvalue weighted by Crippen LogP contribution is -2.42. The molecule has 0 aromatic heterocycles. The molecule has 0 saturated heterocycles. The van der Waals surface area contributed by atoms with Crippen molar-refractivity contribution in [3.05, 3.63) is 33.8 Å². The van der Waals surface area contributed by atoms with E-state index >= 15 is 0 Å². The number of hydrogen-bond donors (Lipinski definition) is 1. The van der Waals surface area contributed by atoms with Gasteiger partial charge in [-0.15, -0.1) is 0 Å².